The summed E-state index contributed by atoms with van der Waals surface area (Å²) >= 11 is 0. The SMILES string of the molecule is COc1ccc(NC(=O)COc2ccc(S(=O)(=O)N3CCCc4ccccc43)cc2)c(OC)c1. The van der Waals surface area contributed by atoms with Crippen LogP contribution in [0.4, 0.5) is 11.4 Å². The number of rotatable bonds is 8. The Morgan fingerprint density at radius 2 is 1.71 bits per heavy atom. The number of amides is 1. The molecule has 178 valence electrons. The number of hydrogen-bond acceptors (Lipinski definition) is 6. The first-order valence-corrected chi connectivity index (χ1v) is 12.2. The number of aryl methyl sites for hydroxylation is 1. The number of carbonyl (C=O) groups is 1. The Morgan fingerprint density at radius 1 is 0.971 bits per heavy atom. The van der Waals surface area contributed by atoms with Gasteiger partial charge in [-0.05, 0) is 60.9 Å². The molecule has 0 unspecified atom stereocenters. The third-order valence-electron chi connectivity index (χ3n) is 5.53. The minimum Gasteiger partial charge on any atom is -0.497 e. The van der Waals surface area contributed by atoms with E-state index in [1.165, 1.54) is 23.5 Å². The molecular weight excluding hydrogens is 456 g/mol. The second kappa shape index (κ2) is 10.0. The normalized spacial score (nSPS) is 13.1. The molecule has 1 aliphatic rings. The highest BCUT2D eigenvalue weighted by Gasteiger charge is 2.28. The quantitative estimate of drug-likeness (QED) is 0.524. The van der Waals surface area contributed by atoms with Crippen LogP contribution in [0.25, 0.3) is 0 Å². The molecule has 3 aromatic rings. The van der Waals surface area contributed by atoms with Crippen molar-refractivity contribution in [2.24, 2.45) is 0 Å². The Kier molecular flexibility index (Phi) is 6.93. The van der Waals surface area contributed by atoms with Gasteiger partial charge in [-0.3, -0.25) is 9.10 Å². The second-order valence-corrected chi connectivity index (χ2v) is 9.55. The Balaban J connectivity index is 1.40. The number of nitrogens with zero attached hydrogens (tertiary/aromatic N) is 1. The number of carbonyl (C=O) groups excluding carboxylic acids is 1. The monoisotopic (exact) mass is 482 g/mol. The summed E-state index contributed by atoms with van der Waals surface area (Å²) in [6, 6.07) is 18.7. The van der Waals surface area contributed by atoms with Gasteiger partial charge in [0.1, 0.15) is 17.2 Å². The van der Waals surface area contributed by atoms with E-state index in [0.29, 0.717) is 29.5 Å². The van der Waals surface area contributed by atoms with E-state index < -0.39 is 10.0 Å². The summed E-state index contributed by atoms with van der Waals surface area (Å²) in [5, 5.41) is 2.72. The summed E-state index contributed by atoms with van der Waals surface area (Å²) in [7, 11) is -0.660. The number of methoxy groups -OCH3 is 2. The summed E-state index contributed by atoms with van der Waals surface area (Å²) < 4.78 is 43.9. The van der Waals surface area contributed by atoms with Crippen LogP contribution in [0.5, 0.6) is 17.2 Å². The first-order chi connectivity index (χ1) is 16.4. The molecule has 0 radical (unpaired) electrons. The lowest BCUT2D eigenvalue weighted by Crippen LogP contribution is -2.35. The van der Waals surface area contributed by atoms with Crippen LogP contribution in [0.2, 0.25) is 0 Å². The first-order valence-electron chi connectivity index (χ1n) is 10.8. The molecule has 0 aliphatic carbocycles. The number of nitrogens with one attached hydrogen (secondary N) is 1. The predicted octanol–water partition coefficient (Wildman–Crippen LogP) is 3.86. The van der Waals surface area contributed by atoms with Gasteiger partial charge in [0.15, 0.2) is 6.61 Å². The van der Waals surface area contributed by atoms with Gasteiger partial charge in [-0.25, -0.2) is 8.42 Å². The highest BCUT2D eigenvalue weighted by molar-refractivity contribution is 7.92. The number of hydrogen-bond donors (Lipinski definition) is 1. The van der Waals surface area contributed by atoms with Gasteiger partial charge in [-0.15, -0.1) is 0 Å². The first kappa shape index (κ1) is 23.4. The summed E-state index contributed by atoms with van der Waals surface area (Å²) in [6.45, 7) is 0.188. The summed E-state index contributed by atoms with van der Waals surface area (Å²) in [5.74, 6) is 1.07. The maximum Gasteiger partial charge on any atom is 0.264 e. The van der Waals surface area contributed by atoms with E-state index in [1.807, 2.05) is 24.3 Å². The molecule has 0 saturated carbocycles. The zero-order chi connectivity index (χ0) is 24.1. The molecule has 9 heteroatoms. The molecule has 34 heavy (non-hydrogen) atoms. The topological polar surface area (TPSA) is 94.2 Å². The third kappa shape index (κ3) is 4.94. The molecule has 0 spiro atoms. The maximum atomic E-state index is 13.2. The minimum atomic E-state index is -3.70. The fourth-order valence-corrected chi connectivity index (χ4v) is 5.36. The molecular formula is C25H26N2O6S. The smallest absolute Gasteiger partial charge is 0.264 e. The van der Waals surface area contributed by atoms with Gasteiger partial charge in [-0.2, -0.15) is 0 Å². The predicted molar refractivity (Wildman–Crippen MR) is 129 cm³/mol. The molecule has 1 N–H and O–H groups in total. The van der Waals surface area contributed by atoms with Gasteiger partial charge in [0, 0.05) is 12.6 Å². The van der Waals surface area contributed by atoms with Crippen molar-refractivity contribution in [1.29, 1.82) is 0 Å². The number of fused-ring (bicyclic) bond motifs is 1. The number of sulfonamides is 1. The van der Waals surface area contributed by atoms with Crippen LogP contribution in [0.1, 0.15) is 12.0 Å². The maximum absolute atomic E-state index is 13.2. The summed E-state index contributed by atoms with van der Waals surface area (Å²) in [6.07, 6.45) is 1.63. The summed E-state index contributed by atoms with van der Waals surface area (Å²) in [4.78, 5) is 12.5. The van der Waals surface area contributed by atoms with E-state index in [2.05, 4.69) is 5.32 Å². The van der Waals surface area contributed by atoms with E-state index in [9.17, 15) is 13.2 Å². The standard InChI is InChI=1S/C25H26N2O6S/c1-31-20-11-14-22(24(16-20)32-2)26-25(28)17-33-19-9-12-21(13-10-19)34(29,30)27-15-5-7-18-6-3-4-8-23(18)27/h3-4,6,8-14,16H,5,7,15,17H2,1-2H3,(H,26,28). The van der Waals surface area contributed by atoms with Crippen LogP contribution in [-0.4, -0.2) is 41.7 Å². The van der Waals surface area contributed by atoms with E-state index in [4.69, 9.17) is 14.2 Å². The third-order valence-corrected chi connectivity index (χ3v) is 7.36. The molecule has 3 aromatic carbocycles. The number of ether oxygens (including phenoxy) is 3. The minimum absolute atomic E-state index is 0.170. The zero-order valence-corrected chi connectivity index (χ0v) is 19.8. The van der Waals surface area contributed by atoms with Gasteiger partial charge < -0.3 is 19.5 Å². The molecule has 0 atom stereocenters. The lowest BCUT2D eigenvalue weighted by Gasteiger charge is -2.30. The Morgan fingerprint density at radius 3 is 2.44 bits per heavy atom. The molecule has 4 rings (SSSR count). The van der Waals surface area contributed by atoms with E-state index in [0.717, 1.165) is 24.1 Å². The van der Waals surface area contributed by atoms with Crippen molar-refractivity contribution >= 4 is 27.3 Å². The molecule has 0 fully saturated rings. The van der Waals surface area contributed by atoms with Crippen molar-refractivity contribution in [3.8, 4) is 17.2 Å². The van der Waals surface area contributed by atoms with Gasteiger partial charge in [-0.1, -0.05) is 18.2 Å². The molecule has 1 heterocycles. The van der Waals surface area contributed by atoms with Gasteiger partial charge >= 0.3 is 0 Å². The zero-order valence-electron chi connectivity index (χ0n) is 19.0. The van der Waals surface area contributed by atoms with Crippen LogP contribution >= 0.6 is 0 Å². The number of benzene rings is 3. The fourth-order valence-electron chi connectivity index (χ4n) is 3.82. The number of para-hydroxylation sites is 1. The lowest BCUT2D eigenvalue weighted by molar-refractivity contribution is -0.118. The second-order valence-electron chi connectivity index (χ2n) is 7.68. The van der Waals surface area contributed by atoms with Crippen molar-refractivity contribution in [1.82, 2.24) is 0 Å². The Labute approximate surface area is 199 Å². The molecule has 0 saturated heterocycles. The number of anilines is 2. The Hall–Kier alpha value is -3.72. The van der Waals surface area contributed by atoms with E-state index in [1.54, 1.807) is 37.4 Å². The van der Waals surface area contributed by atoms with Crippen LogP contribution in [0.3, 0.4) is 0 Å². The van der Waals surface area contributed by atoms with Crippen LogP contribution in [0, 0.1) is 0 Å². The lowest BCUT2D eigenvalue weighted by atomic mass is 10.0. The van der Waals surface area contributed by atoms with Crippen LogP contribution in [-0.2, 0) is 21.2 Å². The van der Waals surface area contributed by atoms with Crippen LogP contribution in [0.15, 0.2) is 71.6 Å². The van der Waals surface area contributed by atoms with Crippen molar-refractivity contribution < 1.29 is 27.4 Å². The van der Waals surface area contributed by atoms with Crippen LogP contribution < -0.4 is 23.8 Å². The van der Waals surface area contributed by atoms with E-state index in [-0.39, 0.29) is 17.4 Å². The van der Waals surface area contributed by atoms with Gasteiger partial charge in [0.05, 0.1) is 30.5 Å². The van der Waals surface area contributed by atoms with Crippen molar-refractivity contribution in [2.45, 2.75) is 17.7 Å². The molecule has 1 amide bonds. The molecule has 1 aliphatic heterocycles. The van der Waals surface area contributed by atoms with Crippen molar-refractivity contribution in [3.05, 3.63) is 72.3 Å². The van der Waals surface area contributed by atoms with Crippen molar-refractivity contribution in [2.75, 3.05) is 37.0 Å². The van der Waals surface area contributed by atoms with Crippen molar-refractivity contribution in [3.63, 3.8) is 0 Å². The largest absolute Gasteiger partial charge is 0.497 e. The summed E-state index contributed by atoms with van der Waals surface area (Å²) in [5.41, 5.74) is 2.23. The molecule has 0 bridgehead atoms. The van der Waals surface area contributed by atoms with Gasteiger partial charge in [0.25, 0.3) is 15.9 Å². The highest BCUT2D eigenvalue weighted by atomic mass is 32.2. The average Bonchev–Trinajstić information content (AvgIpc) is 2.87. The van der Waals surface area contributed by atoms with Gasteiger partial charge in [0.2, 0.25) is 0 Å². The molecule has 8 nitrogen and oxygen atoms in total. The average molecular weight is 483 g/mol. The molecule has 0 aromatic heterocycles. The highest BCUT2D eigenvalue weighted by Crippen LogP contribution is 2.32. The fraction of sp³-hybridized carbons (Fsp3) is 0.240. The van der Waals surface area contributed by atoms with E-state index >= 15 is 0 Å². The Bertz CT molecular complexity index is 1270.